The van der Waals surface area contributed by atoms with Crippen LogP contribution in [0.5, 0.6) is 11.5 Å². The molecule has 0 amide bonds. The molecule has 4 rings (SSSR count). The van der Waals surface area contributed by atoms with Crippen molar-refractivity contribution < 1.29 is 26.7 Å². The lowest BCUT2D eigenvalue weighted by Gasteiger charge is -2.35. The van der Waals surface area contributed by atoms with Gasteiger partial charge in [0.25, 0.3) is 0 Å². The first-order valence-electron chi connectivity index (χ1n) is 10.4. The van der Waals surface area contributed by atoms with Crippen molar-refractivity contribution in [2.24, 2.45) is 0 Å². The van der Waals surface area contributed by atoms with Gasteiger partial charge < -0.3 is 9.47 Å². The van der Waals surface area contributed by atoms with Gasteiger partial charge in [-0.1, -0.05) is 11.6 Å². The number of nitrogens with zero attached hydrogens (tertiary/aromatic N) is 1. The lowest BCUT2D eigenvalue weighted by Crippen LogP contribution is -2.36. The summed E-state index contributed by atoms with van der Waals surface area (Å²) in [7, 11) is -0.746. The van der Waals surface area contributed by atoms with Gasteiger partial charge in [-0.2, -0.15) is 0 Å². The van der Waals surface area contributed by atoms with Gasteiger partial charge >= 0.3 is 0 Å². The molecule has 2 aromatic carbocycles. The molecule has 2 aromatic rings. The van der Waals surface area contributed by atoms with Crippen molar-refractivity contribution in [3.63, 3.8) is 0 Å². The molecule has 1 aliphatic carbocycles. The normalized spacial score (nSPS) is 17.4. The quantitative estimate of drug-likeness (QED) is 0.414. The van der Waals surface area contributed by atoms with Crippen LogP contribution >= 0.6 is 24.0 Å². The van der Waals surface area contributed by atoms with Gasteiger partial charge in [0.2, 0.25) is 10.0 Å². The zero-order chi connectivity index (χ0) is 23.0. The van der Waals surface area contributed by atoms with E-state index in [1.165, 1.54) is 16.7 Å². The average Bonchev–Trinajstić information content (AvgIpc) is 3.21. The molecule has 2 aliphatic rings. The van der Waals surface area contributed by atoms with Crippen molar-refractivity contribution in [1.29, 1.82) is 0 Å². The summed E-state index contributed by atoms with van der Waals surface area (Å²) in [6.45, 7) is 1.73. The Morgan fingerprint density at radius 3 is 2.58 bits per heavy atom. The third kappa shape index (κ3) is 4.93. The van der Waals surface area contributed by atoms with Gasteiger partial charge in [0, 0.05) is 31.2 Å². The zero-order valence-electron chi connectivity index (χ0n) is 18.3. The molecule has 0 spiro atoms. The van der Waals surface area contributed by atoms with Crippen LogP contribution in [0.15, 0.2) is 23.1 Å². The molecule has 0 fully saturated rings. The van der Waals surface area contributed by atoms with Crippen molar-refractivity contribution in [2.75, 3.05) is 33.9 Å². The highest BCUT2D eigenvalue weighted by Gasteiger charge is 2.36. The number of hydrogen-bond acceptors (Lipinski definition) is 5. The summed E-state index contributed by atoms with van der Waals surface area (Å²) in [6, 6.07) is 3.60. The van der Waals surface area contributed by atoms with Gasteiger partial charge in [-0.25, -0.2) is 21.9 Å². The number of hydrogen-bond donors (Lipinski definition) is 1. The van der Waals surface area contributed by atoms with E-state index in [-0.39, 0.29) is 30.0 Å². The summed E-state index contributed by atoms with van der Waals surface area (Å²) >= 11 is 5.81. The van der Waals surface area contributed by atoms with Crippen LogP contribution in [-0.4, -0.2) is 47.2 Å². The predicted molar refractivity (Wildman–Crippen MR) is 124 cm³/mol. The molecule has 182 valence electrons. The Bertz CT molecular complexity index is 1150. The molecule has 1 aliphatic heterocycles. The number of nitrogens with one attached hydrogen (secondary N) is 1. The summed E-state index contributed by atoms with van der Waals surface area (Å²) < 4.78 is 65.2. The number of methoxy groups -OCH3 is 2. The molecule has 0 radical (unpaired) electrons. The Balaban J connectivity index is 0.00000306. The highest BCUT2D eigenvalue weighted by atomic mass is 35.5. The van der Waals surface area contributed by atoms with E-state index in [1.54, 1.807) is 14.2 Å². The van der Waals surface area contributed by atoms with E-state index in [9.17, 15) is 17.2 Å². The van der Waals surface area contributed by atoms with E-state index in [0.717, 1.165) is 37.3 Å². The van der Waals surface area contributed by atoms with Crippen LogP contribution in [-0.2, 0) is 22.9 Å². The fourth-order valence-electron chi connectivity index (χ4n) is 4.77. The van der Waals surface area contributed by atoms with Gasteiger partial charge in [-0.05, 0) is 55.0 Å². The number of halogens is 4. The molecule has 33 heavy (non-hydrogen) atoms. The van der Waals surface area contributed by atoms with Gasteiger partial charge in [-0.3, -0.25) is 4.90 Å². The maximum Gasteiger partial charge on any atom is 0.242 e. The standard InChI is InChI=1S/C22H25ClF2N2O4S.ClH/c1-30-19-10-13-6-9-27(18-5-4-14(21(13)18)22(19)31-2)8-3-7-26-32(28,29)20-12-17(25)16(24)11-15(20)23;/h10-12,18,26H,3-9H2,1-2H3;1H. The van der Waals surface area contributed by atoms with Crippen molar-refractivity contribution >= 4 is 34.0 Å². The SMILES string of the molecule is COc1cc2c3c(c1OC)CCC3N(CCCNS(=O)(=O)c1cc(F)c(F)cc1Cl)CC2.Cl. The van der Waals surface area contributed by atoms with Gasteiger partial charge in [0.05, 0.1) is 19.2 Å². The van der Waals surface area contributed by atoms with Gasteiger partial charge in [0.15, 0.2) is 23.1 Å². The van der Waals surface area contributed by atoms with Crippen molar-refractivity contribution in [2.45, 2.75) is 36.6 Å². The second-order valence-corrected chi connectivity index (χ2v) is 10.1. The number of rotatable bonds is 8. The van der Waals surface area contributed by atoms with E-state index in [1.807, 2.05) is 0 Å². The molecule has 1 N–H and O–H groups in total. The van der Waals surface area contributed by atoms with Crippen LogP contribution < -0.4 is 14.2 Å². The molecular weight excluding hydrogens is 497 g/mol. The Morgan fingerprint density at radius 2 is 1.88 bits per heavy atom. The molecule has 0 bridgehead atoms. The molecule has 6 nitrogen and oxygen atoms in total. The van der Waals surface area contributed by atoms with Crippen LogP contribution in [0.3, 0.4) is 0 Å². The van der Waals surface area contributed by atoms with Crippen LogP contribution in [0.1, 0.15) is 35.6 Å². The van der Waals surface area contributed by atoms with Crippen LogP contribution in [0.25, 0.3) is 0 Å². The van der Waals surface area contributed by atoms with Crippen molar-refractivity contribution in [1.82, 2.24) is 9.62 Å². The fraction of sp³-hybridized carbons (Fsp3) is 0.455. The number of sulfonamides is 1. The Morgan fingerprint density at radius 1 is 1.15 bits per heavy atom. The lowest BCUT2D eigenvalue weighted by molar-refractivity contribution is 0.184. The molecule has 1 atom stereocenters. The summed E-state index contributed by atoms with van der Waals surface area (Å²) in [5.41, 5.74) is 3.79. The second-order valence-electron chi connectivity index (χ2n) is 7.95. The summed E-state index contributed by atoms with van der Waals surface area (Å²) in [6.07, 6.45) is 3.33. The average molecular weight is 523 g/mol. The number of benzene rings is 2. The van der Waals surface area contributed by atoms with Crippen molar-refractivity contribution in [3.05, 3.63) is 51.5 Å². The minimum Gasteiger partial charge on any atom is -0.493 e. The maximum absolute atomic E-state index is 13.5. The third-order valence-corrected chi connectivity index (χ3v) is 8.11. The van der Waals surface area contributed by atoms with Crippen LogP contribution in [0.2, 0.25) is 5.02 Å². The molecule has 0 saturated carbocycles. The second kappa shape index (κ2) is 10.3. The summed E-state index contributed by atoms with van der Waals surface area (Å²) in [5, 5.41) is -0.355. The topological polar surface area (TPSA) is 67.9 Å². The van der Waals surface area contributed by atoms with E-state index in [4.69, 9.17) is 21.1 Å². The van der Waals surface area contributed by atoms with Gasteiger partial charge in [-0.15, -0.1) is 12.4 Å². The van der Waals surface area contributed by atoms with Crippen LogP contribution in [0.4, 0.5) is 8.78 Å². The van der Waals surface area contributed by atoms with Gasteiger partial charge in [0.1, 0.15) is 4.90 Å². The third-order valence-electron chi connectivity index (χ3n) is 6.19. The fourth-order valence-corrected chi connectivity index (χ4v) is 6.36. The first-order chi connectivity index (χ1) is 15.3. The van der Waals surface area contributed by atoms with Crippen LogP contribution in [0, 0.1) is 11.6 Å². The van der Waals surface area contributed by atoms with E-state index < -0.39 is 26.6 Å². The maximum atomic E-state index is 13.5. The molecule has 0 saturated heterocycles. The van der Waals surface area contributed by atoms with Crippen molar-refractivity contribution in [3.8, 4) is 11.5 Å². The lowest BCUT2D eigenvalue weighted by atomic mass is 9.92. The molecule has 11 heteroatoms. The smallest absolute Gasteiger partial charge is 0.242 e. The first kappa shape index (κ1) is 26.0. The summed E-state index contributed by atoms with van der Waals surface area (Å²) in [5.74, 6) is -0.886. The first-order valence-corrected chi connectivity index (χ1v) is 12.3. The highest BCUT2D eigenvalue weighted by Crippen LogP contribution is 2.48. The van der Waals surface area contributed by atoms with E-state index in [0.29, 0.717) is 25.1 Å². The minimum atomic E-state index is -4.04. The predicted octanol–water partition coefficient (Wildman–Crippen LogP) is 4.27. The minimum absolute atomic E-state index is 0. The Hall–Kier alpha value is -1.65. The Labute approximate surface area is 203 Å². The monoisotopic (exact) mass is 522 g/mol. The molecule has 1 unspecified atom stereocenters. The molecule has 0 aromatic heterocycles. The molecular formula is C22H26Cl2F2N2O4S. The Kier molecular flexibility index (Phi) is 8.11. The largest absolute Gasteiger partial charge is 0.493 e. The molecule has 1 heterocycles. The zero-order valence-corrected chi connectivity index (χ0v) is 20.7. The van der Waals surface area contributed by atoms with E-state index >= 15 is 0 Å². The highest BCUT2D eigenvalue weighted by molar-refractivity contribution is 7.89. The summed E-state index contributed by atoms with van der Waals surface area (Å²) in [4.78, 5) is 1.90. The number of ether oxygens (including phenoxy) is 2. The van der Waals surface area contributed by atoms with E-state index in [2.05, 4.69) is 15.7 Å².